The molecule has 1 spiro atoms. The molecule has 1 aromatic heterocycles. The van der Waals surface area contributed by atoms with Crippen LogP contribution < -0.4 is 17.0 Å². The van der Waals surface area contributed by atoms with Gasteiger partial charge in [0.15, 0.2) is 28.5 Å². The van der Waals surface area contributed by atoms with Crippen LogP contribution in [0.5, 0.6) is 0 Å². The molecule has 12 nitrogen and oxygen atoms in total. The van der Waals surface area contributed by atoms with Crippen LogP contribution in [-0.4, -0.2) is 84.1 Å². The monoisotopic (exact) mass is 674 g/mol. The van der Waals surface area contributed by atoms with Crippen molar-refractivity contribution in [1.29, 1.82) is 0 Å². The topological polar surface area (TPSA) is 144 Å². The maximum Gasteiger partial charge on any atom is 0.333 e. The van der Waals surface area contributed by atoms with Crippen molar-refractivity contribution >= 4 is 26.8 Å². The number of hydrogen-bond donors (Lipinski definition) is 1. The van der Waals surface area contributed by atoms with Crippen LogP contribution in [-0.2, 0) is 34.4 Å². The third-order valence-corrected chi connectivity index (χ3v) is 19.7. The van der Waals surface area contributed by atoms with Crippen molar-refractivity contribution in [3.8, 4) is 0 Å². The number of rotatable bonds is 10. The van der Waals surface area contributed by atoms with Gasteiger partial charge in [-0.3, -0.25) is 13.9 Å². The van der Waals surface area contributed by atoms with E-state index in [1.807, 2.05) is 32.1 Å². The van der Waals surface area contributed by atoms with Gasteiger partial charge in [-0.2, -0.15) is 8.42 Å². The summed E-state index contributed by atoms with van der Waals surface area (Å²) in [5.74, 6) is 0. The highest BCUT2D eigenvalue weighted by atomic mass is 32.2. The van der Waals surface area contributed by atoms with E-state index < -0.39 is 62.0 Å². The first-order valence-electron chi connectivity index (χ1n) is 15.2. The van der Waals surface area contributed by atoms with E-state index in [2.05, 4.69) is 54.6 Å². The molecule has 1 fully saturated rings. The minimum absolute atomic E-state index is 0.0371. The van der Waals surface area contributed by atoms with Crippen molar-refractivity contribution in [2.75, 3.05) is 27.2 Å². The van der Waals surface area contributed by atoms with Crippen LogP contribution in [0.25, 0.3) is 0 Å². The Morgan fingerprint density at radius 3 is 2.09 bits per heavy atom. The number of nitrogens with zero attached hydrogens (tertiary/aromatic N) is 3. The summed E-state index contributed by atoms with van der Waals surface area (Å²) in [7, 11) is -5.40. The van der Waals surface area contributed by atoms with Crippen LogP contribution >= 0.6 is 0 Å². The molecular weight excluding hydrogens is 621 g/mol. The number of ether oxygens (including phenoxy) is 1. The molecular formula is C29H54N4O8SSi2. The molecule has 1 saturated heterocycles. The third-order valence-electron chi connectivity index (χ3n) is 9.70. The molecule has 0 saturated carbocycles. The van der Waals surface area contributed by atoms with Gasteiger partial charge in [-0.05, 0) is 70.2 Å². The van der Waals surface area contributed by atoms with Crippen molar-refractivity contribution in [2.24, 2.45) is 5.73 Å². The molecule has 44 heavy (non-hydrogen) atoms. The summed E-state index contributed by atoms with van der Waals surface area (Å²) in [4.78, 5) is 29.2. The Balaban J connectivity index is 2.27. The van der Waals surface area contributed by atoms with E-state index in [0.717, 1.165) is 5.41 Å². The average molecular weight is 675 g/mol. The van der Waals surface area contributed by atoms with Crippen LogP contribution in [0.1, 0.15) is 59.8 Å². The Morgan fingerprint density at radius 2 is 1.61 bits per heavy atom. The molecule has 2 unspecified atom stereocenters. The Kier molecular flexibility index (Phi) is 10.2. The number of nitrogens with two attached hydrogens (primary N) is 1. The summed E-state index contributed by atoms with van der Waals surface area (Å²) >= 11 is 0. The fraction of sp³-hybridized carbons (Fsp3) is 0.793. The van der Waals surface area contributed by atoms with Gasteiger partial charge in [0, 0.05) is 18.3 Å². The van der Waals surface area contributed by atoms with Gasteiger partial charge < -0.3 is 24.2 Å². The zero-order chi connectivity index (χ0) is 33.8. The molecule has 4 atom stereocenters. The molecule has 0 radical (unpaired) electrons. The quantitative estimate of drug-likeness (QED) is 0.289. The standard InChI is InChI=1S/C29H54N4O8SSi2/c1-20-17-33(26(35)32(24(20)34)16-14-15-31(8)9)25-23(40-44(12,13)28(5,6)7)29(21(30)19-42(36,37)41-29)22(39-25)18-38-43(10,11)27(2,3)4/h17,19,22-23,25H,14-16,18,30H2,1-13H3/t22?,23-,25+,29?/m0/s1. The Labute approximate surface area is 264 Å². The summed E-state index contributed by atoms with van der Waals surface area (Å²) in [5.41, 5.74) is 4.06. The van der Waals surface area contributed by atoms with E-state index in [0.29, 0.717) is 18.5 Å². The average Bonchev–Trinajstić information content (AvgIpc) is 3.27. The van der Waals surface area contributed by atoms with Gasteiger partial charge in [0.05, 0.1) is 17.7 Å². The first-order chi connectivity index (χ1) is 19.8. The molecule has 2 N–H and O–H groups in total. The van der Waals surface area contributed by atoms with E-state index in [-0.39, 0.29) is 28.9 Å². The Morgan fingerprint density at radius 1 is 1.05 bits per heavy atom. The molecule has 2 aliphatic rings. The molecule has 0 aliphatic carbocycles. The second-order valence-electron chi connectivity index (χ2n) is 15.4. The fourth-order valence-electron chi connectivity index (χ4n) is 4.90. The van der Waals surface area contributed by atoms with Crippen molar-refractivity contribution in [1.82, 2.24) is 14.0 Å². The lowest BCUT2D eigenvalue weighted by molar-refractivity contribution is -0.0567. The minimum Gasteiger partial charge on any atom is -0.414 e. The van der Waals surface area contributed by atoms with Gasteiger partial charge in [0.2, 0.25) is 0 Å². The number of aromatic nitrogens is 2. The van der Waals surface area contributed by atoms with Crippen molar-refractivity contribution < 1.29 is 26.2 Å². The van der Waals surface area contributed by atoms with Gasteiger partial charge in [-0.1, -0.05) is 41.5 Å². The molecule has 1 aromatic rings. The predicted octanol–water partition coefficient (Wildman–Crippen LogP) is 3.48. The molecule has 0 aromatic carbocycles. The second-order valence-corrected chi connectivity index (χ2v) is 26.4. The van der Waals surface area contributed by atoms with Gasteiger partial charge >= 0.3 is 5.69 Å². The number of hydrogen-bond acceptors (Lipinski definition) is 10. The molecule has 3 heterocycles. The predicted molar refractivity (Wildman–Crippen MR) is 177 cm³/mol. The lowest BCUT2D eigenvalue weighted by Gasteiger charge is -2.43. The highest BCUT2D eigenvalue weighted by Gasteiger charge is 2.67. The lowest BCUT2D eigenvalue weighted by Crippen LogP contribution is -2.59. The second kappa shape index (κ2) is 12.2. The molecule has 3 rings (SSSR count). The molecule has 0 bridgehead atoms. The zero-order valence-corrected chi connectivity index (χ0v) is 31.6. The number of aryl methyl sites for hydroxylation is 1. The van der Waals surface area contributed by atoms with Crippen molar-refractivity contribution in [3.05, 3.63) is 43.7 Å². The van der Waals surface area contributed by atoms with E-state index >= 15 is 0 Å². The summed E-state index contributed by atoms with van der Waals surface area (Å²) in [6.07, 6.45) is -1.32. The Hall–Kier alpha value is -1.60. The maximum absolute atomic E-state index is 14.0. The normalized spacial score (nSPS) is 26.1. The third kappa shape index (κ3) is 7.04. The SMILES string of the molecule is Cc1cn([C@@H]2OC(CO[Si](C)(C)C(C)(C)C)C3(OS(=O)(=O)C=C3N)[C@H]2O[Si](C)(C)C(C)(C)C)c(=O)n(CCCN(C)C)c1=O. The summed E-state index contributed by atoms with van der Waals surface area (Å²) in [5, 5.41) is 0.460. The van der Waals surface area contributed by atoms with Crippen molar-refractivity contribution in [3.63, 3.8) is 0 Å². The van der Waals surface area contributed by atoms with Gasteiger partial charge in [-0.15, -0.1) is 0 Å². The zero-order valence-electron chi connectivity index (χ0n) is 28.8. The largest absolute Gasteiger partial charge is 0.414 e. The first kappa shape index (κ1) is 36.9. The summed E-state index contributed by atoms with van der Waals surface area (Å²) in [6, 6.07) is 0. The van der Waals surface area contributed by atoms with Gasteiger partial charge in [0.25, 0.3) is 15.7 Å². The van der Waals surface area contributed by atoms with E-state index in [1.54, 1.807) is 6.92 Å². The molecule has 252 valence electrons. The van der Waals surface area contributed by atoms with Crippen LogP contribution in [0.3, 0.4) is 0 Å². The molecule has 15 heteroatoms. The van der Waals surface area contributed by atoms with E-state index in [9.17, 15) is 18.0 Å². The van der Waals surface area contributed by atoms with Crippen LogP contribution in [0.4, 0.5) is 0 Å². The smallest absolute Gasteiger partial charge is 0.333 e. The van der Waals surface area contributed by atoms with E-state index in [4.69, 9.17) is 23.5 Å². The summed E-state index contributed by atoms with van der Waals surface area (Å²) in [6.45, 7) is 23.2. The van der Waals surface area contributed by atoms with Crippen LogP contribution in [0.2, 0.25) is 36.3 Å². The minimum atomic E-state index is -4.21. The van der Waals surface area contributed by atoms with E-state index in [1.165, 1.54) is 15.3 Å². The highest BCUT2D eigenvalue weighted by molar-refractivity contribution is 7.90. The lowest BCUT2D eigenvalue weighted by atomic mass is 9.89. The molecule has 0 amide bonds. The Bertz CT molecular complexity index is 1490. The first-order valence-corrected chi connectivity index (χ1v) is 22.4. The maximum atomic E-state index is 14.0. The molecule has 2 aliphatic heterocycles. The van der Waals surface area contributed by atoms with Gasteiger partial charge in [-0.25, -0.2) is 8.98 Å². The highest BCUT2D eigenvalue weighted by Crippen LogP contribution is 2.52. The van der Waals surface area contributed by atoms with Gasteiger partial charge in [0.1, 0.15) is 12.2 Å². The summed E-state index contributed by atoms with van der Waals surface area (Å²) < 4.78 is 54.6. The fourth-order valence-corrected chi connectivity index (χ4v) is 8.40. The van der Waals surface area contributed by atoms with Crippen LogP contribution in [0.15, 0.2) is 26.9 Å². The van der Waals surface area contributed by atoms with Crippen molar-refractivity contribution in [2.45, 2.75) is 122 Å². The van der Waals surface area contributed by atoms with Crippen LogP contribution in [0, 0.1) is 6.92 Å².